The number of hydrogen-bond donors (Lipinski definition) is 0. The average molecular weight is 1240 g/mol. The van der Waals surface area contributed by atoms with Crippen molar-refractivity contribution in [3.63, 3.8) is 0 Å². The van der Waals surface area contributed by atoms with Gasteiger partial charge in [-0.2, -0.15) is 0 Å². The van der Waals surface area contributed by atoms with Crippen LogP contribution in [0.4, 0.5) is 0 Å². The second-order valence-electron chi connectivity index (χ2n) is 40.4. The maximum Gasteiger partial charge on any atom is -0.0297 e. The van der Waals surface area contributed by atoms with Crippen molar-refractivity contribution >= 4 is 0 Å². The Bertz CT molecular complexity index is 1610. The Kier molecular flexibility index (Phi) is 41.5. The standard InChI is InChI=1S/4C8H18.2C7H12.6C7H14/c1-7(2,3)8(4,5)6;1-6-7(2)8(3,4)5;1-6-8(4,5)7(2)3;1-6(2)8(5)7(3)4;1-7(4-5-7)6-2-3-6;1-5-4-7(5)6-2-3-6;1-6-4-7(2,3)5-6;1-6-4-5-7(6,2)3;2*1-5-4-6(2)7(5)3;1-3-7-4-6(2)5-7;1-3-7-5-4-6(7)2/h1-6H3;2*7H,6H2,1-5H3;6-8H,1-5H3;6H,2-5H2,1H3;5-7H,2-4H2,1H3;2*6H,4-5H2,1-3H3;2*5-7H,4H2,1-3H3;2*6-7H,3-5H2,1-2H3/t;;;;;5-,7?;;;;;;/m.....0....../s1. The molecule has 10 aliphatic rings. The zero-order chi connectivity index (χ0) is 69.5. The smallest absolute Gasteiger partial charge is 0.0297 e. The number of hydrogen-bond acceptors (Lipinski definition) is 0. The van der Waals surface area contributed by atoms with Crippen LogP contribution >= 0.6 is 0 Å². The molecule has 10 aliphatic carbocycles. The Morgan fingerprint density at radius 1 is 0.432 bits per heavy atom. The van der Waals surface area contributed by atoms with Crippen LogP contribution in [0.2, 0.25) is 0 Å². The summed E-state index contributed by atoms with van der Waals surface area (Å²) in [5, 5.41) is 0. The molecule has 0 spiro atoms. The van der Waals surface area contributed by atoms with Crippen molar-refractivity contribution in [3.05, 3.63) is 0 Å². The molecule has 0 amide bonds. The third kappa shape index (κ3) is 37.9. The van der Waals surface area contributed by atoms with Crippen molar-refractivity contribution in [3.8, 4) is 0 Å². The molecule has 532 valence electrons. The van der Waals surface area contributed by atoms with E-state index in [2.05, 4.69) is 270 Å². The highest BCUT2D eigenvalue weighted by molar-refractivity contribution is 5.00. The molecule has 0 aromatic heterocycles. The van der Waals surface area contributed by atoms with Crippen LogP contribution in [-0.2, 0) is 0 Å². The molecule has 0 heterocycles. The van der Waals surface area contributed by atoms with Gasteiger partial charge in [-0.15, -0.1) is 0 Å². The molecule has 0 heteroatoms. The summed E-state index contributed by atoms with van der Waals surface area (Å²) in [7, 11) is 0. The highest BCUT2D eigenvalue weighted by Crippen LogP contribution is 2.61. The molecule has 10 fully saturated rings. The maximum absolute atomic E-state index is 2.44. The Hall–Kier alpha value is 0. The molecule has 88 heavy (non-hydrogen) atoms. The molecule has 9 unspecified atom stereocenters. The number of rotatable bonds is 9. The van der Waals surface area contributed by atoms with Crippen LogP contribution in [0.3, 0.4) is 0 Å². The normalized spacial score (nSPS) is 31.6. The zero-order valence-corrected chi connectivity index (χ0v) is 69.5. The fourth-order valence-corrected chi connectivity index (χ4v) is 13.1. The Morgan fingerprint density at radius 2 is 0.830 bits per heavy atom. The van der Waals surface area contributed by atoms with E-state index in [4.69, 9.17) is 0 Å². The molecule has 10 atom stereocenters. The van der Waals surface area contributed by atoms with Gasteiger partial charge in [0.25, 0.3) is 0 Å². The van der Waals surface area contributed by atoms with Crippen molar-refractivity contribution in [1.29, 1.82) is 0 Å². The van der Waals surface area contributed by atoms with Gasteiger partial charge in [-0.25, -0.2) is 0 Å². The lowest BCUT2D eigenvalue weighted by molar-refractivity contribution is 0.0892. The lowest BCUT2D eigenvalue weighted by atomic mass is 9.64. The van der Waals surface area contributed by atoms with Crippen LogP contribution in [0.5, 0.6) is 0 Å². The maximum atomic E-state index is 2.44. The van der Waals surface area contributed by atoms with Crippen LogP contribution in [0.1, 0.15) is 405 Å². The molecule has 0 aromatic rings. The summed E-state index contributed by atoms with van der Waals surface area (Å²) in [6, 6.07) is 0. The Balaban J connectivity index is 0. The fraction of sp³-hybridized carbons (Fsp3) is 1.00. The minimum Gasteiger partial charge on any atom is -0.0651 e. The Labute approximate surface area is 563 Å². The van der Waals surface area contributed by atoms with Gasteiger partial charge in [0.05, 0.1) is 0 Å². The van der Waals surface area contributed by atoms with Crippen LogP contribution in [0.15, 0.2) is 0 Å². The predicted molar refractivity (Wildman–Crippen MR) is 409 cm³/mol. The second kappa shape index (κ2) is 40.5. The fourth-order valence-electron chi connectivity index (χ4n) is 13.1. The van der Waals surface area contributed by atoms with Crippen LogP contribution < -0.4 is 0 Å². The highest BCUT2D eigenvalue weighted by atomic mass is 14.5. The first-order valence-corrected chi connectivity index (χ1v) is 39.8. The molecule has 0 nitrogen and oxygen atoms in total. The molecule has 10 rings (SSSR count). The van der Waals surface area contributed by atoms with Gasteiger partial charge in [0.15, 0.2) is 0 Å². The average Bonchev–Trinajstić information content (AvgIpc) is 2.55. The van der Waals surface area contributed by atoms with Gasteiger partial charge in [0, 0.05) is 0 Å². The lowest BCUT2D eigenvalue weighted by Crippen LogP contribution is -2.31. The van der Waals surface area contributed by atoms with Crippen LogP contribution in [0, 0.1) is 162 Å². The third-order valence-corrected chi connectivity index (χ3v) is 27.7. The summed E-state index contributed by atoms with van der Waals surface area (Å²) in [5.74, 6) is 21.1. The van der Waals surface area contributed by atoms with Gasteiger partial charge in [-0.1, -0.05) is 302 Å². The van der Waals surface area contributed by atoms with E-state index in [1.165, 1.54) is 127 Å². The molecule has 10 saturated carbocycles. The quantitative estimate of drug-likeness (QED) is 0.216. The molecule has 0 radical (unpaired) electrons. The summed E-state index contributed by atoms with van der Waals surface area (Å²) in [6.45, 7) is 90.1. The first kappa shape index (κ1) is 90.1. The SMILES string of the molecule is CC(C)(C)C(C)(C)C.CC(C)C(C)C(C)C.CC1(C2CC2)CC1.CC1CC(C)(C)C1.CC1CC(C)C1C.CC1CC(C)C1C.CC1CCC1(C)C.CCC(C)(C)C(C)C.CCC(C)C(C)(C)C.CCC1CC(C)C1.CCC1CCC1C.C[C@H]1CC1C1CC1. The molecule has 0 saturated heterocycles. The van der Waals surface area contributed by atoms with E-state index < -0.39 is 0 Å². The lowest BCUT2D eigenvalue weighted by Gasteiger charge is -2.42. The second-order valence-corrected chi connectivity index (χ2v) is 40.4. The van der Waals surface area contributed by atoms with Gasteiger partial charge in [-0.3, -0.25) is 0 Å². The van der Waals surface area contributed by atoms with E-state index in [9.17, 15) is 0 Å². The minimum absolute atomic E-state index is 0.437. The summed E-state index contributed by atoms with van der Waals surface area (Å²) in [6.07, 6.45) is 30.8. The van der Waals surface area contributed by atoms with Crippen LogP contribution in [0.25, 0.3) is 0 Å². The summed E-state index contributed by atoms with van der Waals surface area (Å²) in [5.41, 5.74) is 4.16. The molecule has 0 N–H and O–H groups in total. The van der Waals surface area contributed by atoms with Gasteiger partial charge < -0.3 is 0 Å². The largest absolute Gasteiger partial charge is 0.0651 e. The summed E-state index contributed by atoms with van der Waals surface area (Å²) >= 11 is 0. The molecule has 0 bridgehead atoms. The van der Waals surface area contributed by atoms with Crippen molar-refractivity contribution in [1.82, 2.24) is 0 Å². The molecular weight excluding hydrogens is 1060 g/mol. The topological polar surface area (TPSA) is 0 Å². The van der Waals surface area contributed by atoms with Gasteiger partial charge in [0.1, 0.15) is 0 Å². The molecule has 0 aromatic carbocycles. The third-order valence-electron chi connectivity index (χ3n) is 27.7. The predicted octanol–water partition coefficient (Wildman–Crippen LogP) is 30.8. The van der Waals surface area contributed by atoms with Crippen molar-refractivity contribution in [2.75, 3.05) is 0 Å². The zero-order valence-electron chi connectivity index (χ0n) is 69.5. The summed E-state index contributed by atoms with van der Waals surface area (Å²) < 4.78 is 0. The van der Waals surface area contributed by atoms with Gasteiger partial charge in [-0.05, 0) is 265 Å². The molecular formula is C88H180. The monoisotopic (exact) mass is 1240 g/mol. The van der Waals surface area contributed by atoms with E-state index >= 15 is 0 Å². The first-order chi connectivity index (χ1) is 39.8. The van der Waals surface area contributed by atoms with Crippen molar-refractivity contribution < 1.29 is 0 Å². The molecule has 0 aliphatic heterocycles. The first-order valence-electron chi connectivity index (χ1n) is 39.8. The van der Waals surface area contributed by atoms with E-state index in [0.717, 1.165) is 118 Å². The van der Waals surface area contributed by atoms with E-state index in [0.29, 0.717) is 32.5 Å². The van der Waals surface area contributed by atoms with E-state index in [1.54, 1.807) is 19.3 Å². The van der Waals surface area contributed by atoms with E-state index in [1.807, 2.05) is 0 Å². The van der Waals surface area contributed by atoms with Crippen molar-refractivity contribution in [2.24, 2.45) is 162 Å². The minimum atomic E-state index is 0.437. The van der Waals surface area contributed by atoms with Gasteiger partial charge in [0.2, 0.25) is 0 Å². The summed E-state index contributed by atoms with van der Waals surface area (Å²) in [4.78, 5) is 0. The van der Waals surface area contributed by atoms with Crippen molar-refractivity contribution in [2.45, 2.75) is 405 Å². The van der Waals surface area contributed by atoms with E-state index in [-0.39, 0.29) is 0 Å². The van der Waals surface area contributed by atoms with Crippen LogP contribution in [-0.4, -0.2) is 0 Å². The van der Waals surface area contributed by atoms with Gasteiger partial charge >= 0.3 is 0 Å². The Morgan fingerprint density at radius 3 is 0.864 bits per heavy atom. The highest BCUT2D eigenvalue weighted by Gasteiger charge is 2.49.